The molecule has 116 valence electrons. The van der Waals surface area contributed by atoms with Crippen LogP contribution in [-0.2, 0) is 10.0 Å². The lowest BCUT2D eigenvalue weighted by Gasteiger charge is -2.14. The van der Waals surface area contributed by atoms with Crippen molar-refractivity contribution in [2.45, 2.75) is 31.2 Å². The fourth-order valence-electron chi connectivity index (χ4n) is 2.33. The minimum absolute atomic E-state index is 0.103. The van der Waals surface area contributed by atoms with Gasteiger partial charge in [-0.1, -0.05) is 13.0 Å². The fourth-order valence-corrected chi connectivity index (χ4v) is 3.39. The number of nitrogens with one attached hydrogen (secondary N) is 3. The molecule has 7 heteroatoms. The van der Waals surface area contributed by atoms with Crippen molar-refractivity contribution in [3.8, 4) is 0 Å². The fraction of sp³-hybridized carbons (Fsp3) is 0.500. The Morgan fingerprint density at radius 1 is 1.43 bits per heavy atom. The van der Waals surface area contributed by atoms with Gasteiger partial charge in [0.2, 0.25) is 10.0 Å². The first-order valence-electron chi connectivity index (χ1n) is 7.06. The SMILES string of the molecule is CCNS(=O)(=O)c1ccc(C)c(C(=O)NC2CCNC2)c1. The molecule has 1 saturated heterocycles. The molecule has 2 rings (SSSR count). The Hall–Kier alpha value is -1.44. The van der Waals surface area contributed by atoms with E-state index in [2.05, 4.69) is 15.4 Å². The first-order chi connectivity index (χ1) is 9.94. The lowest BCUT2D eigenvalue weighted by atomic mass is 10.1. The van der Waals surface area contributed by atoms with Gasteiger partial charge in [-0.25, -0.2) is 13.1 Å². The largest absolute Gasteiger partial charge is 0.348 e. The number of aryl methyl sites for hydroxylation is 1. The summed E-state index contributed by atoms with van der Waals surface area (Å²) >= 11 is 0. The Morgan fingerprint density at radius 2 is 2.19 bits per heavy atom. The molecule has 1 fully saturated rings. The zero-order chi connectivity index (χ0) is 15.5. The Balaban J connectivity index is 2.24. The van der Waals surface area contributed by atoms with Crippen LogP contribution in [0.1, 0.15) is 29.3 Å². The molecule has 0 spiro atoms. The van der Waals surface area contributed by atoms with E-state index in [4.69, 9.17) is 0 Å². The summed E-state index contributed by atoms with van der Waals surface area (Å²) in [6.07, 6.45) is 0.889. The van der Waals surface area contributed by atoms with Gasteiger partial charge in [0.25, 0.3) is 5.91 Å². The van der Waals surface area contributed by atoms with Gasteiger partial charge in [0.1, 0.15) is 0 Å². The van der Waals surface area contributed by atoms with Crippen molar-refractivity contribution in [3.05, 3.63) is 29.3 Å². The molecule has 1 aliphatic rings. The molecule has 0 aromatic heterocycles. The first-order valence-corrected chi connectivity index (χ1v) is 8.54. The van der Waals surface area contributed by atoms with Crippen molar-refractivity contribution in [3.63, 3.8) is 0 Å². The van der Waals surface area contributed by atoms with E-state index >= 15 is 0 Å². The van der Waals surface area contributed by atoms with Gasteiger partial charge in [0, 0.05) is 24.7 Å². The van der Waals surface area contributed by atoms with Gasteiger partial charge in [-0.3, -0.25) is 4.79 Å². The average molecular weight is 311 g/mol. The highest BCUT2D eigenvalue weighted by Gasteiger charge is 2.21. The summed E-state index contributed by atoms with van der Waals surface area (Å²) < 4.78 is 26.4. The molecule has 0 bridgehead atoms. The molecule has 1 aromatic carbocycles. The molecule has 6 nitrogen and oxygen atoms in total. The Bertz CT molecular complexity index is 622. The van der Waals surface area contributed by atoms with Gasteiger partial charge in [-0.15, -0.1) is 0 Å². The lowest BCUT2D eigenvalue weighted by molar-refractivity contribution is 0.0939. The second-order valence-corrected chi connectivity index (χ2v) is 6.91. The van der Waals surface area contributed by atoms with E-state index in [1.165, 1.54) is 12.1 Å². The van der Waals surface area contributed by atoms with Crippen LogP contribution in [0.15, 0.2) is 23.1 Å². The van der Waals surface area contributed by atoms with Crippen molar-refractivity contribution >= 4 is 15.9 Å². The van der Waals surface area contributed by atoms with Crippen LogP contribution in [0.25, 0.3) is 0 Å². The van der Waals surface area contributed by atoms with E-state index in [0.29, 0.717) is 12.1 Å². The molecule has 1 amide bonds. The van der Waals surface area contributed by atoms with E-state index in [1.807, 2.05) is 0 Å². The summed E-state index contributed by atoms with van der Waals surface area (Å²) in [6.45, 7) is 5.46. The van der Waals surface area contributed by atoms with Gasteiger partial charge in [0.05, 0.1) is 4.90 Å². The Morgan fingerprint density at radius 3 is 2.81 bits per heavy atom. The number of sulfonamides is 1. The topological polar surface area (TPSA) is 87.3 Å². The maximum Gasteiger partial charge on any atom is 0.251 e. The third-order valence-electron chi connectivity index (χ3n) is 3.49. The summed E-state index contributed by atoms with van der Waals surface area (Å²) in [7, 11) is -3.55. The van der Waals surface area contributed by atoms with Crippen molar-refractivity contribution in [2.75, 3.05) is 19.6 Å². The molecule has 1 atom stereocenters. The molecule has 21 heavy (non-hydrogen) atoms. The predicted octanol–water partition coefficient (Wildman–Crippen LogP) is 0.385. The van der Waals surface area contributed by atoms with Crippen molar-refractivity contribution in [2.24, 2.45) is 0 Å². The van der Waals surface area contributed by atoms with Crippen LogP contribution in [0, 0.1) is 6.92 Å². The van der Waals surface area contributed by atoms with Gasteiger partial charge >= 0.3 is 0 Å². The Kier molecular flexibility index (Phi) is 4.97. The summed E-state index contributed by atoms with van der Waals surface area (Å²) in [5, 5.41) is 6.11. The quantitative estimate of drug-likeness (QED) is 0.734. The number of hydrogen-bond acceptors (Lipinski definition) is 4. The molecular formula is C14H21N3O3S. The molecule has 3 N–H and O–H groups in total. The minimum atomic E-state index is -3.55. The normalized spacial score (nSPS) is 18.7. The Labute approximate surface area is 125 Å². The van der Waals surface area contributed by atoms with E-state index in [9.17, 15) is 13.2 Å². The van der Waals surface area contributed by atoms with Crippen LogP contribution in [0.5, 0.6) is 0 Å². The average Bonchev–Trinajstić information content (AvgIpc) is 2.91. The molecule has 1 aliphatic heterocycles. The zero-order valence-electron chi connectivity index (χ0n) is 12.3. The zero-order valence-corrected chi connectivity index (χ0v) is 13.1. The minimum Gasteiger partial charge on any atom is -0.348 e. The van der Waals surface area contributed by atoms with Crippen molar-refractivity contribution in [1.29, 1.82) is 0 Å². The second kappa shape index (κ2) is 6.55. The van der Waals surface area contributed by atoms with Crippen LogP contribution in [0.3, 0.4) is 0 Å². The van der Waals surface area contributed by atoms with E-state index in [-0.39, 0.29) is 16.8 Å². The third kappa shape index (κ3) is 3.81. The second-order valence-electron chi connectivity index (χ2n) is 5.14. The summed E-state index contributed by atoms with van der Waals surface area (Å²) in [5.74, 6) is -0.227. The van der Waals surface area contributed by atoms with Crippen LogP contribution >= 0.6 is 0 Å². The predicted molar refractivity (Wildman–Crippen MR) is 80.8 cm³/mol. The van der Waals surface area contributed by atoms with Crippen LogP contribution in [-0.4, -0.2) is 40.0 Å². The number of carbonyl (C=O) groups is 1. The highest BCUT2D eigenvalue weighted by Crippen LogP contribution is 2.16. The highest BCUT2D eigenvalue weighted by atomic mass is 32.2. The molecule has 1 unspecified atom stereocenters. The molecule has 0 radical (unpaired) electrons. The number of hydrogen-bond donors (Lipinski definition) is 3. The van der Waals surface area contributed by atoms with Crippen LogP contribution in [0.2, 0.25) is 0 Å². The molecule has 1 aromatic rings. The van der Waals surface area contributed by atoms with Gasteiger partial charge in [-0.05, 0) is 37.6 Å². The lowest BCUT2D eigenvalue weighted by Crippen LogP contribution is -2.36. The number of amides is 1. The van der Waals surface area contributed by atoms with E-state index in [1.54, 1.807) is 19.9 Å². The smallest absolute Gasteiger partial charge is 0.251 e. The van der Waals surface area contributed by atoms with Gasteiger partial charge in [0.15, 0.2) is 0 Å². The highest BCUT2D eigenvalue weighted by molar-refractivity contribution is 7.89. The van der Waals surface area contributed by atoms with E-state index in [0.717, 1.165) is 25.1 Å². The molecule has 0 saturated carbocycles. The molecule has 0 aliphatic carbocycles. The van der Waals surface area contributed by atoms with Crippen LogP contribution in [0.4, 0.5) is 0 Å². The van der Waals surface area contributed by atoms with E-state index < -0.39 is 10.0 Å². The number of rotatable bonds is 5. The standard InChI is InChI=1S/C14H21N3O3S/c1-3-16-21(19,20)12-5-4-10(2)13(8-12)14(18)17-11-6-7-15-9-11/h4-5,8,11,15-16H,3,6-7,9H2,1-2H3,(H,17,18). The van der Waals surface area contributed by atoms with Gasteiger partial charge < -0.3 is 10.6 Å². The monoisotopic (exact) mass is 311 g/mol. The summed E-state index contributed by atoms with van der Waals surface area (Å²) in [5.41, 5.74) is 1.16. The molecule has 1 heterocycles. The first kappa shape index (κ1) is 15.9. The number of benzene rings is 1. The third-order valence-corrected chi connectivity index (χ3v) is 5.04. The summed E-state index contributed by atoms with van der Waals surface area (Å²) in [6, 6.07) is 4.71. The summed E-state index contributed by atoms with van der Waals surface area (Å²) in [4.78, 5) is 12.4. The van der Waals surface area contributed by atoms with Crippen LogP contribution < -0.4 is 15.4 Å². The number of carbonyl (C=O) groups excluding carboxylic acids is 1. The van der Waals surface area contributed by atoms with Gasteiger partial charge in [-0.2, -0.15) is 0 Å². The van der Waals surface area contributed by atoms with Crippen molar-refractivity contribution in [1.82, 2.24) is 15.4 Å². The van der Waals surface area contributed by atoms with Crippen molar-refractivity contribution < 1.29 is 13.2 Å². The molecular weight excluding hydrogens is 290 g/mol. The maximum atomic E-state index is 12.3. The maximum absolute atomic E-state index is 12.3.